The molecule has 0 aliphatic heterocycles. The Morgan fingerprint density at radius 1 is 1.33 bits per heavy atom. The molecule has 27 heavy (non-hydrogen) atoms. The second-order valence-corrected chi connectivity index (χ2v) is 8.03. The molecule has 0 saturated carbocycles. The zero-order valence-electron chi connectivity index (χ0n) is 15.1. The van der Waals surface area contributed by atoms with Crippen LogP contribution in [0.3, 0.4) is 0 Å². The van der Waals surface area contributed by atoms with E-state index in [2.05, 4.69) is 15.4 Å². The molecule has 0 bridgehead atoms. The van der Waals surface area contributed by atoms with Gasteiger partial charge >= 0.3 is 0 Å². The van der Waals surface area contributed by atoms with E-state index in [0.29, 0.717) is 12.1 Å². The molecule has 0 aliphatic rings. The number of carbonyl (C=O) groups excluding carboxylic acids is 1. The topological polar surface area (TPSA) is 59.8 Å². The largest absolute Gasteiger partial charge is 0.345 e. The molecule has 144 valence electrons. The number of hydrogen-bond donors (Lipinski definition) is 1. The van der Waals surface area contributed by atoms with Crippen LogP contribution in [0.1, 0.15) is 53.1 Å². The summed E-state index contributed by atoms with van der Waals surface area (Å²) in [6, 6.07) is 2.34. The number of aromatic nitrogens is 3. The molecule has 5 nitrogen and oxygen atoms in total. The highest BCUT2D eigenvalue weighted by molar-refractivity contribution is 7.09. The van der Waals surface area contributed by atoms with Crippen LogP contribution in [0.15, 0.2) is 28.3 Å². The van der Waals surface area contributed by atoms with E-state index in [4.69, 9.17) is 0 Å². The van der Waals surface area contributed by atoms with E-state index in [1.807, 2.05) is 29.1 Å². The van der Waals surface area contributed by atoms with E-state index in [-0.39, 0.29) is 17.6 Å². The third-order valence-electron chi connectivity index (χ3n) is 4.18. The molecular weight excluding hydrogens is 390 g/mol. The average molecular weight is 411 g/mol. The smallest absolute Gasteiger partial charge is 0.282 e. The van der Waals surface area contributed by atoms with Gasteiger partial charge in [-0.3, -0.25) is 9.48 Å². The Bertz CT molecular complexity index is 905. The molecule has 2 atom stereocenters. The third-order valence-corrected chi connectivity index (χ3v) is 5.99. The summed E-state index contributed by atoms with van der Waals surface area (Å²) in [5.41, 5.74) is 2.21. The van der Waals surface area contributed by atoms with Gasteiger partial charge in [-0.15, -0.1) is 11.3 Å². The monoisotopic (exact) mass is 410 g/mol. The van der Waals surface area contributed by atoms with Gasteiger partial charge in [-0.25, -0.2) is 13.8 Å². The molecule has 0 saturated heterocycles. The Kier molecular flexibility index (Phi) is 6.01. The van der Waals surface area contributed by atoms with E-state index in [1.165, 1.54) is 22.1 Å². The van der Waals surface area contributed by atoms with Crippen molar-refractivity contribution in [2.24, 2.45) is 0 Å². The van der Waals surface area contributed by atoms with Gasteiger partial charge in [-0.05, 0) is 49.2 Å². The number of carbonyl (C=O) groups is 1. The number of nitrogens with one attached hydrogen (secondary N) is 1. The van der Waals surface area contributed by atoms with Crippen molar-refractivity contribution < 1.29 is 13.6 Å². The molecule has 0 spiro atoms. The van der Waals surface area contributed by atoms with Crippen LogP contribution in [0.4, 0.5) is 8.78 Å². The summed E-state index contributed by atoms with van der Waals surface area (Å²) in [5.74, 6) is -0.282. The standard InChI is InChI=1S/C18H20F2N4OS2/c1-10-8-27-18(21-10)15(7-13-4-5-26-9-13)22-17(25)12(3)24-11(2)6-14(23-24)16(19)20/h4-6,8-9,12,15-16H,7H2,1-3H3,(H,22,25)/t12-,15-/m1/s1. The Hall–Kier alpha value is -2.13. The van der Waals surface area contributed by atoms with Gasteiger partial charge in [0.1, 0.15) is 16.7 Å². The van der Waals surface area contributed by atoms with Crippen molar-refractivity contribution in [3.05, 3.63) is 55.9 Å². The number of thiazole rings is 1. The molecule has 3 aromatic heterocycles. The van der Waals surface area contributed by atoms with Gasteiger partial charge in [0.15, 0.2) is 0 Å². The Labute approximate surface area is 164 Å². The zero-order valence-corrected chi connectivity index (χ0v) is 16.8. The molecule has 1 N–H and O–H groups in total. The maximum atomic E-state index is 12.9. The minimum Gasteiger partial charge on any atom is -0.345 e. The summed E-state index contributed by atoms with van der Waals surface area (Å²) >= 11 is 3.09. The van der Waals surface area contributed by atoms with Crippen molar-refractivity contribution in [1.82, 2.24) is 20.1 Å². The lowest BCUT2D eigenvalue weighted by Gasteiger charge is -2.20. The van der Waals surface area contributed by atoms with Gasteiger partial charge < -0.3 is 5.32 Å². The first-order valence-corrected chi connectivity index (χ1v) is 10.2. The highest BCUT2D eigenvalue weighted by Gasteiger charge is 2.25. The second-order valence-electron chi connectivity index (χ2n) is 6.36. The zero-order chi connectivity index (χ0) is 19.6. The highest BCUT2D eigenvalue weighted by atomic mass is 32.1. The quantitative estimate of drug-likeness (QED) is 0.618. The number of hydrogen-bond acceptors (Lipinski definition) is 5. The third kappa shape index (κ3) is 4.59. The normalized spacial score (nSPS) is 13.7. The maximum Gasteiger partial charge on any atom is 0.282 e. The number of alkyl halides is 2. The summed E-state index contributed by atoms with van der Waals surface area (Å²) in [4.78, 5) is 17.3. The van der Waals surface area contributed by atoms with Crippen LogP contribution in [0.2, 0.25) is 0 Å². The lowest BCUT2D eigenvalue weighted by molar-refractivity contribution is -0.125. The molecule has 0 fully saturated rings. The number of aryl methyl sites for hydroxylation is 2. The maximum absolute atomic E-state index is 12.9. The molecular formula is C18H20F2N4OS2. The summed E-state index contributed by atoms with van der Waals surface area (Å²) in [5, 5.41) is 13.7. The summed E-state index contributed by atoms with van der Waals surface area (Å²) in [6.45, 7) is 5.22. The summed E-state index contributed by atoms with van der Waals surface area (Å²) < 4.78 is 27.1. The van der Waals surface area contributed by atoms with Crippen molar-refractivity contribution in [1.29, 1.82) is 0 Å². The minimum absolute atomic E-state index is 0.279. The Balaban J connectivity index is 1.79. The van der Waals surface area contributed by atoms with E-state index < -0.39 is 12.5 Å². The molecule has 1 amide bonds. The number of thiophene rings is 1. The van der Waals surface area contributed by atoms with Crippen LogP contribution in [0.5, 0.6) is 0 Å². The van der Waals surface area contributed by atoms with Crippen molar-refractivity contribution in [3.8, 4) is 0 Å². The van der Waals surface area contributed by atoms with Gasteiger partial charge in [-0.2, -0.15) is 16.4 Å². The van der Waals surface area contributed by atoms with E-state index in [0.717, 1.165) is 16.3 Å². The lowest BCUT2D eigenvalue weighted by atomic mass is 10.1. The molecule has 0 radical (unpaired) electrons. The van der Waals surface area contributed by atoms with E-state index in [9.17, 15) is 13.6 Å². The molecule has 0 aliphatic carbocycles. The fourth-order valence-corrected chi connectivity index (χ4v) is 4.32. The van der Waals surface area contributed by atoms with Crippen molar-refractivity contribution >= 4 is 28.6 Å². The summed E-state index contributed by atoms with van der Waals surface area (Å²) in [7, 11) is 0. The molecule has 3 heterocycles. The van der Waals surface area contributed by atoms with Gasteiger partial charge in [0.05, 0.1) is 6.04 Å². The first-order chi connectivity index (χ1) is 12.8. The molecule has 0 unspecified atom stereocenters. The number of halogens is 2. The van der Waals surface area contributed by atoms with E-state index in [1.54, 1.807) is 25.2 Å². The molecule has 0 aromatic carbocycles. The van der Waals surface area contributed by atoms with Crippen LogP contribution in [0, 0.1) is 13.8 Å². The lowest BCUT2D eigenvalue weighted by Crippen LogP contribution is -2.35. The predicted octanol–water partition coefficient (Wildman–Crippen LogP) is 4.62. The van der Waals surface area contributed by atoms with Crippen molar-refractivity contribution in [2.75, 3.05) is 0 Å². The van der Waals surface area contributed by atoms with Crippen LogP contribution in [-0.2, 0) is 11.2 Å². The second kappa shape index (κ2) is 8.26. The van der Waals surface area contributed by atoms with Gasteiger partial charge in [0.25, 0.3) is 6.43 Å². The SMILES string of the molecule is Cc1csc([C@@H](Cc2ccsc2)NC(=O)[C@@H](C)n2nc(C(F)F)cc2C)n1. The first-order valence-electron chi connectivity index (χ1n) is 8.42. The molecule has 9 heteroatoms. The first kappa shape index (κ1) is 19.6. The average Bonchev–Trinajstić information content (AvgIpc) is 3.35. The van der Waals surface area contributed by atoms with Gasteiger partial charge in [-0.1, -0.05) is 0 Å². The molecule has 3 aromatic rings. The number of rotatable bonds is 7. The Morgan fingerprint density at radius 3 is 2.67 bits per heavy atom. The van der Waals surface area contributed by atoms with Crippen LogP contribution in [-0.4, -0.2) is 20.7 Å². The molecule has 3 rings (SSSR count). The van der Waals surface area contributed by atoms with Crippen LogP contribution < -0.4 is 5.32 Å². The fourth-order valence-electron chi connectivity index (χ4n) is 2.79. The summed E-state index contributed by atoms with van der Waals surface area (Å²) in [6.07, 6.45) is -2.04. The predicted molar refractivity (Wildman–Crippen MR) is 102 cm³/mol. The van der Waals surface area contributed by atoms with Crippen molar-refractivity contribution in [3.63, 3.8) is 0 Å². The van der Waals surface area contributed by atoms with E-state index >= 15 is 0 Å². The Morgan fingerprint density at radius 2 is 2.11 bits per heavy atom. The van der Waals surface area contributed by atoms with Crippen LogP contribution >= 0.6 is 22.7 Å². The van der Waals surface area contributed by atoms with Crippen molar-refractivity contribution in [2.45, 2.75) is 45.7 Å². The fraction of sp³-hybridized carbons (Fsp3) is 0.389. The van der Waals surface area contributed by atoms with Crippen LogP contribution in [0.25, 0.3) is 0 Å². The van der Waals surface area contributed by atoms with Gasteiger partial charge in [0.2, 0.25) is 5.91 Å². The minimum atomic E-state index is -2.66. The van der Waals surface area contributed by atoms with Gasteiger partial charge in [0, 0.05) is 23.2 Å². The number of amides is 1. The highest BCUT2D eigenvalue weighted by Crippen LogP contribution is 2.25. The number of nitrogens with zero attached hydrogens (tertiary/aromatic N) is 3.